The standard InChI is InChI=1S/C34H40N4O4/c1-33(2)19-25(29(27(39)21-33)35-31(41)23-11-7-5-8-12-23)37-15-17-38(18-16-37)26-20-34(3,4)22-28(40)30(26)36-32(42)24-13-9-6-10-14-24/h5-14H,15-22H2,1-4H3,(H,35,41)(H,36,42). The van der Waals surface area contributed by atoms with Gasteiger partial charge in [0, 0.05) is 61.5 Å². The average Bonchev–Trinajstić information content (AvgIpc) is 2.96. The number of ketones is 2. The molecular weight excluding hydrogens is 528 g/mol. The fraction of sp³-hybridized carbons (Fsp3) is 0.412. The van der Waals surface area contributed by atoms with Gasteiger partial charge in [0.05, 0.1) is 0 Å². The Kier molecular flexibility index (Phi) is 8.08. The normalized spacial score (nSPS) is 20.5. The number of rotatable bonds is 6. The van der Waals surface area contributed by atoms with Crippen molar-refractivity contribution in [3.05, 3.63) is 94.6 Å². The summed E-state index contributed by atoms with van der Waals surface area (Å²) in [6.45, 7) is 10.8. The molecule has 1 heterocycles. The van der Waals surface area contributed by atoms with Crippen LogP contribution in [-0.4, -0.2) is 59.4 Å². The van der Waals surface area contributed by atoms with Crippen LogP contribution in [0.25, 0.3) is 0 Å². The van der Waals surface area contributed by atoms with Gasteiger partial charge in [0.15, 0.2) is 11.6 Å². The molecule has 3 aliphatic rings. The lowest BCUT2D eigenvalue weighted by molar-refractivity contribution is -0.119. The Bertz CT molecular complexity index is 1340. The molecule has 2 aliphatic carbocycles. The minimum absolute atomic E-state index is 0.0544. The van der Waals surface area contributed by atoms with Crippen molar-refractivity contribution in [2.24, 2.45) is 10.8 Å². The van der Waals surface area contributed by atoms with Gasteiger partial charge in [-0.25, -0.2) is 0 Å². The Hall–Kier alpha value is -4.20. The number of carbonyl (C=O) groups excluding carboxylic acids is 4. The smallest absolute Gasteiger partial charge is 0.255 e. The van der Waals surface area contributed by atoms with Gasteiger partial charge in [-0.3, -0.25) is 19.2 Å². The zero-order chi connectivity index (χ0) is 30.1. The summed E-state index contributed by atoms with van der Waals surface area (Å²) >= 11 is 0. The van der Waals surface area contributed by atoms with Gasteiger partial charge in [0.25, 0.3) is 11.8 Å². The molecule has 8 heteroatoms. The molecule has 2 aromatic carbocycles. The van der Waals surface area contributed by atoms with E-state index in [1.165, 1.54) is 0 Å². The summed E-state index contributed by atoms with van der Waals surface area (Å²) in [5, 5.41) is 5.88. The van der Waals surface area contributed by atoms with Crippen LogP contribution in [0.4, 0.5) is 0 Å². The van der Waals surface area contributed by atoms with Crippen molar-refractivity contribution in [1.29, 1.82) is 0 Å². The number of amides is 2. The molecule has 0 spiro atoms. The summed E-state index contributed by atoms with van der Waals surface area (Å²) in [5.41, 5.74) is 3.09. The number of hydrogen-bond acceptors (Lipinski definition) is 6. The summed E-state index contributed by atoms with van der Waals surface area (Å²) in [4.78, 5) is 57.1. The molecule has 42 heavy (non-hydrogen) atoms. The first-order valence-corrected chi connectivity index (χ1v) is 14.7. The molecule has 0 atom stereocenters. The summed E-state index contributed by atoms with van der Waals surface area (Å²) in [7, 11) is 0. The average molecular weight is 569 g/mol. The first-order chi connectivity index (χ1) is 19.9. The zero-order valence-electron chi connectivity index (χ0n) is 25.0. The van der Waals surface area contributed by atoms with Gasteiger partial charge in [0.2, 0.25) is 0 Å². The van der Waals surface area contributed by atoms with Gasteiger partial charge >= 0.3 is 0 Å². The Balaban J connectivity index is 1.39. The van der Waals surface area contributed by atoms with E-state index < -0.39 is 0 Å². The number of benzene rings is 2. The predicted octanol–water partition coefficient (Wildman–Crippen LogP) is 4.67. The largest absolute Gasteiger partial charge is 0.369 e. The van der Waals surface area contributed by atoms with E-state index in [0.717, 1.165) is 11.4 Å². The van der Waals surface area contributed by atoms with Crippen molar-refractivity contribution in [2.75, 3.05) is 26.2 Å². The van der Waals surface area contributed by atoms with Crippen molar-refractivity contribution in [2.45, 2.75) is 53.4 Å². The molecule has 1 saturated heterocycles. The first kappa shape index (κ1) is 29.3. The Labute approximate surface area is 247 Å². The minimum atomic E-state index is -0.290. The van der Waals surface area contributed by atoms with Crippen LogP contribution in [-0.2, 0) is 9.59 Å². The fourth-order valence-corrected chi connectivity index (χ4v) is 6.20. The number of nitrogens with zero attached hydrogens (tertiary/aromatic N) is 2. The van der Waals surface area contributed by atoms with Gasteiger partial charge in [0.1, 0.15) is 11.4 Å². The van der Waals surface area contributed by atoms with E-state index in [1.807, 2.05) is 12.1 Å². The van der Waals surface area contributed by atoms with Crippen molar-refractivity contribution in [1.82, 2.24) is 20.4 Å². The monoisotopic (exact) mass is 568 g/mol. The van der Waals surface area contributed by atoms with Crippen LogP contribution in [0.15, 0.2) is 83.5 Å². The molecule has 1 fully saturated rings. The summed E-state index contributed by atoms with van der Waals surface area (Å²) in [6.07, 6.45) is 2.09. The Morgan fingerprint density at radius 2 is 0.905 bits per heavy atom. The third-order valence-electron chi connectivity index (χ3n) is 8.30. The van der Waals surface area contributed by atoms with Crippen LogP contribution in [0, 0.1) is 10.8 Å². The lowest BCUT2D eigenvalue weighted by atomic mass is 9.76. The van der Waals surface area contributed by atoms with E-state index in [1.54, 1.807) is 48.5 Å². The Morgan fingerprint density at radius 1 is 0.571 bits per heavy atom. The van der Waals surface area contributed by atoms with Gasteiger partial charge in [-0.15, -0.1) is 0 Å². The highest BCUT2D eigenvalue weighted by molar-refractivity contribution is 6.05. The highest BCUT2D eigenvalue weighted by atomic mass is 16.2. The summed E-state index contributed by atoms with van der Waals surface area (Å²) in [6, 6.07) is 17.9. The molecule has 2 N–H and O–H groups in total. The molecule has 8 nitrogen and oxygen atoms in total. The second kappa shape index (κ2) is 11.6. The predicted molar refractivity (Wildman–Crippen MR) is 161 cm³/mol. The van der Waals surface area contributed by atoms with Gasteiger partial charge in [-0.2, -0.15) is 0 Å². The van der Waals surface area contributed by atoms with Crippen LogP contribution in [0.1, 0.15) is 74.1 Å². The SMILES string of the molecule is CC1(C)CC(=O)C(NC(=O)c2ccccc2)=C(N2CCN(C3=C(NC(=O)c4ccccc4)C(=O)CC(C)(C)C3)CC2)C1. The van der Waals surface area contributed by atoms with Gasteiger partial charge < -0.3 is 20.4 Å². The minimum Gasteiger partial charge on any atom is -0.369 e. The lowest BCUT2D eigenvalue weighted by Gasteiger charge is -2.45. The molecule has 0 saturated carbocycles. The third kappa shape index (κ3) is 6.48. The second-order valence-electron chi connectivity index (χ2n) is 13.1. The molecule has 2 aromatic rings. The van der Waals surface area contributed by atoms with E-state index in [0.29, 0.717) is 74.4 Å². The molecule has 0 aromatic heterocycles. The number of allylic oxidation sites excluding steroid dienone is 4. The van der Waals surface area contributed by atoms with E-state index >= 15 is 0 Å². The molecule has 220 valence electrons. The van der Waals surface area contributed by atoms with Crippen molar-refractivity contribution < 1.29 is 19.2 Å². The molecule has 1 aliphatic heterocycles. The maximum absolute atomic E-state index is 13.3. The molecule has 2 amide bonds. The molecule has 5 rings (SSSR count). The third-order valence-corrected chi connectivity index (χ3v) is 8.30. The maximum atomic E-state index is 13.3. The topological polar surface area (TPSA) is 98.8 Å². The number of nitrogens with one attached hydrogen (secondary N) is 2. The second-order valence-corrected chi connectivity index (χ2v) is 13.1. The van der Waals surface area contributed by atoms with Crippen LogP contribution >= 0.6 is 0 Å². The molecular formula is C34H40N4O4. The van der Waals surface area contributed by atoms with E-state index in [4.69, 9.17) is 0 Å². The molecule has 0 unspecified atom stereocenters. The Morgan fingerprint density at radius 3 is 1.24 bits per heavy atom. The maximum Gasteiger partial charge on any atom is 0.255 e. The number of Topliss-reactive ketones (excluding diaryl/α,β-unsaturated/α-hetero) is 2. The molecule has 0 bridgehead atoms. The van der Waals surface area contributed by atoms with Crippen molar-refractivity contribution >= 4 is 23.4 Å². The zero-order valence-corrected chi connectivity index (χ0v) is 25.0. The van der Waals surface area contributed by atoms with E-state index in [-0.39, 0.29) is 34.2 Å². The van der Waals surface area contributed by atoms with Crippen LogP contribution in [0.2, 0.25) is 0 Å². The lowest BCUT2D eigenvalue weighted by Crippen LogP contribution is -2.50. The first-order valence-electron chi connectivity index (χ1n) is 14.7. The van der Waals surface area contributed by atoms with Crippen LogP contribution in [0.5, 0.6) is 0 Å². The summed E-state index contributed by atoms with van der Waals surface area (Å²) in [5.74, 6) is -0.689. The van der Waals surface area contributed by atoms with Gasteiger partial charge in [-0.1, -0.05) is 64.1 Å². The van der Waals surface area contributed by atoms with Crippen LogP contribution < -0.4 is 10.6 Å². The number of carbonyl (C=O) groups is 4. The van der Waals surface area contributed by atoms with Crippen LogP contribution in [0.3, 0.4) is 0 Å². The number of hydrogen-bond donors (Lipinski definition) is 2. The highest BCUT2D eigenvalue weighted by Gasteiger charge is 2.39. The van der Waals surface area contributed by atoms with E-state index in [9.17, 15) is 19.2 Å². The highest BCUT2D eigenvalue weighted by Crippen LogP contribution is 2.40. The summed E-state index contributed by atoms with van der Waals surface area (Å²) < 4.78 is 0. The molecule has 0 radical (unpaired) electrons. The van der Waals surface area contributed by atoms with E-state index in [2.05, 4.69) is 48.1 Å². The van der Waals surface area contributed by atoms with Gasteiger partial charge in [-0.05, 0) is 47.9 Å². The van der Waals surface area contributed by atoms with Crippen molar-refractivity contribution in [3.8, 4) is 0 Å². The number of piperazine rings is 1. The van der Waals surface area contributed by atoms with Crippen molar-refractivity contribution in [3.63, 3.8) is 0 Å². The fourth-order valence-electron chi connectivity index (χ4n) is 6.20. The quantitative estimate of drug-likeness (QED) is 0.526.